The fourth-order valence-electron chi connectivity index (χ4n) is 2.73. The maximum Gasteiger partial charge on any atom is 0.239 e. The predicted molar refractivity (Wildman–Crippen MR) is 106 cm³/mol. The van der Waals surface area contributed by atoms with Crippen LogP contribution in [0.5, 0.6) is 0 Å². The molecule has 0 bridgehead atoms. The molecular formula is C18H24N6OS. The van der Waals surface area contributed by atoms with E-state index in [0.717, 1.165) is 28.8 Å². The number of aliphatic imine (C=N–C) groups is 1. The second kappa shape index (κ2) is 8.66. The maximum absolute atomic E-state index is 11.5. The molecule has 0 radical (unpaired) electrons. The molecule has 1 aromatic carbocycles. The highest BCUT2D eigenvalue weighted by atomic mass is 32.1. The molecule has 2 heterocycles. The van der Waals surface area contributed by atoms with Crippen molar-refractivity contribution in [1.82, 2.24) is 20.9 Å². The molecule has 3 rings (SSSR count). The fraction of sp³-hybridized carbons (Fsp3) is 0.389. The zero-order valence-electron chi connectivity index (χ0n) is 15.1. The Labute approximate surface area is 157 Å². The molecule has 1 amide bonds. The molecule has 7 nitrogen and oxygen atoms in total. The smallest absolute Gasteiger partial charge is 0.239 e. The third-order valence-corrected chi connectivity index (χ3v) is 5.01. The molecule has 0 unspecified atom stereocenters. The predicted octanol–water partition coefficient (Wildman–Crippen LogP) is 1.25. The number of carbonyl (C=O) groups excluding carboxylic acids is 1. The summed E-state index contributed by atoms with van der Waals surface area (Å²) in [6.07, 6.45) is 1.88. The number of hydrogen-bond donors (Lipinski definition) is 3. The first kappa shape index (κ1) is 18.2. The first-order valence-electron chi connectivity index (χ1n) is 8.60. The van der Waals surface area contributed by atoms with E-state index in [1.807, 2.05) is 13.1 Å². The van der Waals surface area contributed by atoms with E-state index in [2.05, 4.69) is 55.1 Å². The average Bonchev–Trinajstić information content (AvgIpc) is 3.07. The normalized spacial score (nSPS) is 14.9. The van der Waals surface area contributed by atoms with Gasteiger partial charge in [0.1, 0.15) is 5.01 Å². The van der Waals surface area contributed by atoms with Crippen LogP contribution in [0.4, 0.5) is 5.69 Å². The van der Waals surface area contributed by atoms with E-state index in [1.54, 1.807) is 18.4 Å². The Morgan fingerprint density at radius 1 is 1.31 bits per heavy atom. The lowest BCUT2D eigenvalue weighted by Gasteiger charge is -2.28. The van der Waals surface area contributed by atoms with Crippen LogP contribution < -0.4 is 20.9 Å². The number of piperazine rings is 1. The summed E-state index contributed by atoms with van der Waals surface area (Å²) in [6.45, 7) is 5.35. The summed E-state index contributed by atoms with van der Waals surface area (Å²) in [6, 6.07) is 8.27. The van der Waals surface area contributed by atoms with Gasteiger partial charge in [0.2, 0.25) is 5.91 Å². The Bertz CT molecular complexity index is 770. The summed E-state index contributed by atoms with van der Waals surface area (Å²) in [4.78, 5) is 23.4. The second-order valence-corrected chi connectivity index (χ2v) is 7.40. The zero-order chi connectivity index (χ0) is 18.4. The number of anilines is 1. The van der Waals surface area contributed by atoms with Gasteiger partial charge in [0.05, 0.1) is 13.1 Å². The van der Waals surface area contributed by atoms with Crippen LogP contribution in [-0.4, -0.2) is 43.5 Å². The molecule has 2 aromatic rings. The van der Waals surface area contributed by atoms with Crippen molar-refractivity contribution >= 4 is 28.9 Å². The Kier molecular flexibility index (Phi) is 6.06. The van der Waals surface area contributed by atoms with Gasteiger partial charge in [0, 0.05) is 43.4 Å². The van der Waals surface area contributed by atoms with Gasteiger partial charge in [0.15, 0.2) is 5.96 Å². The minimum Gasteiger partial charge on any atom is -0.360 e. The average molecular weight is 372 g/mol. The number of benzene rings is 1. The number of aromatic nitrogens is 1. The minimum atomic E-state index is 0.0762. The van der Waals surface area contributed by atoms with Crippen molar-refractivity contribution < 1.29 is 4.79 Å². The summed E-state index contributed by atoms with van der Waals surface area (Å²) in [7, 11) is 1.76. The van der Waals surface area contributed by atoms with Gasteiger partial charge in [-0.15, -0.1) is 11.3 Å². The highest BCUT2D eigenvalue weighted by Gasteiger charge is 2.16. The number of amides is 1. The van der Waals surface area contributed by atoms with Gasteiger partial charge in [-0.2, -0.15) is 0 Å². The maximum atomic E-state index is 11.5. The lowest BCUT2D eigenvalue weighted by molar-refractivity contribution is -0.120. The van der Waals surface area contributed by atoms with Crippen LogP contribution >= 0.6 is 11.3 Å². The lowest BCUT2D eigenvalue weighted by atomic mass is 10.2. The van der Waals surface area contributed by atoms with Crippen LogP contribution in [-0.2, 0) is 17.9 Å². The zero-order valence-corrected chi connectivity index (χ0v) is 15.9. The van der Waals surface area contributed by atoms with Crippen LogP contribution in [0.25, 0.3) is 0 Å². The standard InChI is InChI=1S/C18H24N6OS/c1-13-9-21-17(26-13)11-23-18(19-2)22-10-14-3-5-15(6-4-14)24-8-7-20-16(25)12-24/h3-6,9H,7-8,10-12H2,1-2H3,(H,20,25)(H2,19,22,23). The van der Waals surface area contributed by atoms with Crippen LogP contribution in [0.3, 0.4) is 0 Å². The third kappa shape index (κ3) is 4.95. The first-order valence-corrected chi connectivity index (χ1v) is 9.42. The van der Waals surface area contributed by atoms with E-state index in [0.29, 0.717) is 26.2 Å². The Morgan fingerprint density at radius 3 is 2.73 bits per heavy atom. The molecule has 0 atom stereocenters. The molecular weight excluding hydrogens is 348 g/mol. The van der Waals surface area contributed by atoms with Gasteiger partial charge in [-0.1, -0.05) is 12.1 Å². The number of hydrogen-bond acceptors (Lipinski definition) is 5. The van der Waals surface area contributed by atoms with Gasteiger partial charge in [-0.05, 0) is 24.6 Å². The van der Waals surface area contributed by atoms with Crippen molar-refractivity contribution in [1.29, 1.82) is 0 Å². The number of guanidine groups is 1. The number of rotatable bonds is 5. The third-order valence-electron chi connectivity index (χ3n) is 4.10. The number of carbonyl (C=O) groups is 1. The van der Waals surface area contributed by atoms with Crippen molar-refractivity contribution in [3.05, 3.63) is 45.9 Å². The van der Waals surface area contributed by atoms with Crippen LogP contribution in [0, 0.1) is 6.92 Å². The second-order valence-electron chi connectivity index (χ2n) is 6.08. The Hall–Kier alpha value is -2.61. The molecule has 1 fully saturated rings. The van der Waals surface area contributed by atoms with Crippen molar-refractivity contribution in [2.75, 3.05) is 31.6 Å². The molecule has 3 N–H and O–H groups in total. The monoisotopic (exact) mass is 372 g/mol. The van der Waals surface area contributed by atoms with Gasteiger partial charge in [-0.3, -0.25) is 9.79 Å². The van der Waals surface area contributed by atoms with Gasteiger partial charge in [0.25, 0.3) is 0 Å². The van der Waals surface area contributed by atoms with E-state index in [1.165, 1.54) is 4.88 Å². The topological polar surface area (TPSA) is 81.7 Å². The number of nitrogens with zero attached hydrogens (tertiary/aromatic N) is 3. The van der Waals surface area contributed by atoms with Crippen molar-refractivity contribution in [3.63, 3.8) is 0 Å². The number of aryl methyl sites for hydroxylation is 1. The van der Waals surface area contributed by atoms with Crippen molar-refractivity contribution in [3.8, 4) is 0 Å². The van der Waals surface area contributed by atoms with E-state index in [4.69, 9.17) is 0 Å². The summed E-state index contributed by atoms with van der Waals surface area (Å²) in [5, 5.41) is 10.5. The SMILES string of the molecule is CN=C(NCc1ccc(N2CCNC(=O)C2)cc1)NCc1ncc(C)s1. The summed E-state index contributed by atoms with van der Waals surface area (Å²) in [5.74, 6) is 0.821. The highest BCUT2D eigenvalue weighted by molar-refractivity contribution is 7.11. The van der Waals surface area contributed by atoms with E-state index >= 15 is 0 Å². The summed E-state index contributed by atoms with van der Waals surface area (Å²) < 4.78 is 0. The quantitative estimate of drug-likeness (QED) is 0.544. The molecule has 1 aliphatic heterocycles. The van der Waals surface area contributed by atoms with Gasteiger partial charge >= 0.3 is 0 Å². The molecule has 0 spiro atoms. The molecule has 1 saturated heterocycles. The molecule has 8 heteroatoms. The minimum absolute atomic E-state index is 0.0762. The van der Waals surface area contributed by atoms with Crippen LogP contribution in [0.1, 0.15) is 15.4 Å². The molecule has 0 saturated carbocycles. The van der Waals surface area contributed by atoms with Gasteiger partial charge in [-0.25, -0.2) is 4.98 Å². The Morgan fingerprint density at radius 2 is 2.08 bits per heavy atom. The van der Waals surface area contributed by atoms with E-state index < -0.39 is 0 Å². The van der Waals surface area contributed by atoms with E-state index in [-0.39, 0.29) is 5.91 Å². The number of nitrogens with one attached hydrogen (secondary N) is 3. The van der Waals surface area contributed by atoms with Crippen LogP contribution in [0.2, 0.25) is 0 Å². The largest absolute Gasteiger partial charge is 0.360 e. The van der Waals surface area contributed by atoms with E-state index in [9.17, 15) is 4.79 Å². The molecule has 1 aliphatic rings. The van der Waals surface area contributed by atoms with Crippen molar-refractivity contribution in [2.24, 2.45) is 4.99 Å². The molecule has 0 aliphatic carbocycles. The Balaban J connectivity index is 1.49. The summed E-state index contributed by atoms with van der Waals surface area (Å²) in [5.41, 5.74) is 2.23. The first-order chi connectivity index (χ1) is 12.6. The molecule has 1 aromatic heterocycles. The fourth-order valence-corrected chi connectivity index (χ4v) is 3.46. The molecule has 26 heavy (non-hydrogen) atoms. The molecule has 138 valence electrons. The lowest BCUT2D eigenvalue weighted by Crippen LogP contribution is -2.47. The summed E-state index contributed by atoms with van der Waals surface area (Å²) >= 11 is 1.68. The highest BCUT2D eigenvalue weighted by Crippen LogP contribution is 2.16. The van der Waals surface area contributed by atoms with Gasteiger partial charge < -0.3 is 20.9 Å². The van der Waals surface area contributed by atoms with Crippen molar-refractivity contribution in [2.45, 2.75) is 20.0 Å². The van der Waals surface area contributed by atoms with Crippen LogP contribution in [0.15, 0.2) is 35.5 Å². The number of thiazole rings is 1.